The van der Waals surface area contributed by atoms with Crippen LogP contribution in [0.25, 0.3) is 0 Å². The summed E-state index contributed by atoms with van der Waals surface area (Å²) in [6, 6.07) is 0. The van der Waals surface area contributed by atoms with E-state index in [0.717, 1.165) is 0 Å². The average Bonchev–Trinajstić information content (AvgIpc) is 2.00. The lowest BCUT2D eigenvalue weighted by Gasteiger charge is -2.35. The van der Waals surface area contributed by atoms with Gasteiger partial charge in [-0.2, -0.15) is 0 Å². The normalized spacial score (nSPS) is 18.8. The van der Waals surface area contributed by atoms with Gasteiger partial charge in [0.05, 0.1) is 0 Å². The van der Waals surface area contributed by atoms with E-state index in [2.05, 4.69) is 0 Å². The van der Waals surface area contributed by atoms with Crippen molar-refractivity contribution in [2.75, 3.05) is 0 Å². The lowest BCUT2D eigenvalue weighted by atomic mass is 9.74. The van der Waals surface area contributed by atoms with E-state index in [0.29, 0.717) is 0 Å². The average molecular weight is 188 g/mol. The fourth-order valence-corrected chi connectivity index (χ4v) is 1.48. The van der Waals surface area contributed by atoms with E-state index < -0.39 is 11.6 Å². The lowest BCUT2D eigenvalue weighted by molar-refractivity contribution is -0.173. The van der Waals surface area contributed by atoms with Crippen molar-refractivity contribution in [1.82, 2.24) is 0 Å². The predicted octanol–water partition coefficient (Wildman–Crippen LogP) is 1.75. The summed E-state index contributed by atoms with van der Waals surface area (Å²) in [5, 5.41) is 19.0. The van der Waals surface area contributed by atoms with Crippen molar-refractivity contribution < 1.29 is 15.0 Å². The maximum Gasteiger partial charge on any atom is 0.336 e. The Balaban J connectivity index is 4.90. The molecule has 78 valence electrons. The molecule has 2 N–H and O–H groups in total. The number of hydrogen-bond acceptors (Lipinski definition) is 2. The molecule has 0 heterocycles. The molecule has 0 saturated heterocycles. The van der Waals surface area contributed by atoms with Crippen LogP contribution in [0.2, 0.25) is 0 Å². The minimum Gasteiger partial charge on any atom is -0.479 e. The van der Waals surface area contributed by atoms with Crippen LogP contribution < -0.4 is 0 Å². The first-order valence-corrected chi connectivity index (χ1v) is 4.70. The van der Waals surface area contributed by atoms with E-state index in [1.807, 2.05) is 13.8 Å². The molecule has 0 aliphatic rings. The van der Waals surface area contributed by atoms with Crippen LogP contribution >= 0.6 is 0 Å². The molecule has 0 amide bonds. The molecule has 0 radical (unpaired) electrons. The molecule has 0 fully saturated rings. The molecule has 2 unspecified atom stereocenters. The molecule has 3 nitrogen and oxygen atoms in total. The number of aliphatic carboxylic acids is 1. The van der Waals surface area contributed by atoms with E-state index in [9.17, 15) is 9.90 Å². The third-order valence-corrected chi connectivity index (χ3v) is 2.92. The van der Waals surface area contributed by atoms with Gasteiger partial charge in [0.25, 0.3) is 0 Å². The highest BCUT2D eigenvalue weighted by Gasteiger charge is 2.45. The van der Waals surface area contributed by atoms with Gasteiger partial charge < -0.3 is 10.2 Å². The molecule has 13 heavy (non-hydrogen) atoms. The Kier molecular flexibility index (Phi) is 3.91. The zero-order valence-corrected chi connectivity index (χ0v) is 9.03. The van der Waals surface area contributed by atoms with Gasteiger partial charge in [0, 0.05) is 0 Å². The van der Waals surface area contributed by atoms with E-state index in [4.69, 9.17) is 5.11 Å². The summed E-state index contributed by atoms with van der Waals surface area (Å²) in [4.78, 5) is 11.0. The Morgan fingerprint density at radius 3 is 1.62 bits per heavy atom. The molecule has 3 heteroatoms. The molecule has 0 saturated carbocycles. The van der Waals surface area contributed by atoms with Gasteiger partial charge in [-0.25, -0.2) is 4.79 Å². The summed E-state index contributed by atoms with van der Waals surface area (Å²) in [5.74, 6) is -1.49. The van der Waals surface area contributed by atoms with Gasteiger partial charge in [-0.3, -0.25) is 0 Å². The van der Waals surface area contributed by atoms with Gasteiger partial charge in [-0.15, -0.1) is 0 Å². The highest BCUT2D eigenvalue weighted by Crippen LogP contribution is 2.31. The van der Waals surface area contributed by atoms with Crippen molar-refractivity contribution in [2.24, 2.45) is 17.8 Å². The Morgan fingerprint density at radius 1 is 1.15 bits per heavy atom. The SMILES string of the molecule is CC(C)C(C)C(O)(C(=O)O)C(C)C. The van der Waals surface area contributed by atoms with Crippen LogP contribution in [0.1, 0.15) is 34.6 Å². The van der Waals surface area contributed by atoms with Crippen LogP contribution in [0.3, 0.4) is 0 Å². The molecule has 0 bridgehead atoms. The summed E-state index contributed by atoms with van der Waals surface area (Å²) in [6.07, 6.45) is 0. The number of carbonyl (C=O) groups is 1. The third kappa shape index (κ3) is 2.21. The molecule has 0 aliphatic heterocycles. The maximum absolute atomic E-state index is 11.0. The van der Waals surface area contributed by atoms with Gasteiger partial charge in [-0.1, -0.05) is 34.6 Å². The van der Waals surface area contributed by atoms with Crippen molar-refractivity contribution in [2.45, 2.75) is 40.2 Å². The first-order valence-electron chi connectivity index (χ1n) is 4.70. The van der Waals surface area contributed by atoms with Crippen LogP contribution in [-0.2, 0) is 4.79 Å². The van der Waals surface area contributed by atoms with Crippen LogP contribution in [0.4, 0.5) is 0 Å². The Labute approximate surface area is 79.8 Å². The van der Waals surface area contributed by atoms with Crippen molar-refractivity contribution in [3.63, 3.8) is 0 Å². The lowest BCUT2D eigenvalue weighted by Crippen LogP contribution is -2.51. The van der Waals surface area contributed by atoms with Crippen LogP contribution in [-0.4, -0.2) is 21.8 Å². The topological polar surface area (TPSA) is 57.5 Å². The quantitative estimate of drug-likeness (QED) is 0.706. The summed E-state index contributed by atoms with van der Waals surface area (Å²) < 4.78 is 0. The minimum atomic E-state index is -1.60. The summed E-state index contributed by atoms with van der Waals surface area (Å²) in [7, 11) is 0. The van der Waals surface area contributed by atoms with Crippen LogP contribution in [0.15, 0.2) is 0 Å². The molecule has 0 aromatic rings. The Morgan fingerprint density at radius 2 is 1.54 bits per heavy atom. The monoisotopic (exact) mass is 188 g/mol. The standard InChI is InChI=1S/C10H20O3/c1-6(2)8(5)10(13,7(3)4)9(11)12/h6-8,13H,1-5H3,(H,11,12). The number of hydrogen-bond donors (Lipinski definition) is 2. The smallest absolute Gasteiger partial charge is 0.336 e. The number of rotatable bonds is 4. The number of aliphatic hydroxyl groups is 1. The van der Waals surface area contributed by atoms with Gasteiger partial charge in [-0.05, 0) is 17.8 Å². The number of carboxylic acid groups (broad SMARTS) is 1. The van der Waals surface area contributed by atoms with E-state index in [1.54, 1.807) is 20.8 Å². The second-order valence-corrected chi connectivity index (χ2v) is 4.32. The molecule has 0 aromatic heterocycles. The first-order chi connectivity index (χ1) is 5.74. The molecule has 0 rings (SSSR count). The second kappa shape index (κ2) is 4.09. The van der Waals surface area contributed by atoms with Crippen molar-refractivity contribution in [3.05, 3.63) is 0 Å². The zero-order chi connectivity index (χ0) is 10.8. The van der Waals surface area contributed by atoms with E-state index in [-0.39, 0.29) is 17.8 Å². The van der Waals surface area contributed by atoms with E-state index in [1.165, 1.54) is 0 Å². The number of carboxylic acids is 1. The first kappa shape index (κ1) is 12.4. The molecule has 0 aromatic carbocycles. The van der Waals surface area contributed by atoms with Crippen LogP contribution in [0.5, 0.6) is 0 Å². The minimum absolute atomic E-state index is 0.156. The highest BCUT2D eigenvalue weighted by molar-refractivity contribution is 5.77. The van der Waals surface area contributed by atoms with Crippen molar-refractivity contribution in [1.29, 1.82) is 0 Å². The highest BCUT2D eigenvalue weighted by atomic mass is 16.4. The summed E-state index contributed by atoms with van der Waals surface area (Å²) in [5.41, 5.74) is -1.60. The van der Waals surface area contributed by atoms with Crippen LogP contribution in [0, 0.1) is 17.8 Å². The predicted molar refractivity (Wildman–Crippen MR) is 51.4 cm³/mol. The Bertz CT molecular complexity index is 187. The van der Waals surface area contributed by atoms with Crippen molar-refractivity contribution >= 4 is 5.97 Å². The summed E-state index contributed by atoms with van der Waals surface area (Å²) >= 11 is 0. The molecule has 2 atom stereocenters. The van der Waals surface area contributed by atoms with Crippen molar-refractivity contribution in [3.8, 4) is 0 Å². The largest absolute Gasteiger partial charge is 0.479 e. The summed E-state index contributed by atoms with van der Waals surface area (Å²) in [6.45, 7) is 9.07. The van der Waals surface area contributed by atoms with E-state index >= 15 is 0 Å². The van der Waals surface area contributed by atoms with Gasteiger partial charge in [0.15, 0.2) is 5.60 Å². The molecular formula is C10H20O3. The van der Waals surface area contributed by atoms with Gasteiger partial charge in [0.2, 0.25) is 0 Å². The molecule has 0 spiro atoms. The Hall–Kier alpha value is -0.570. The third-order valence-electron chi connectivity index (χ3n) is 2.92. The second-order valence-electron chi connectivity index (χ2n) is 4.32. The zero-order valence-electron chi connectivity index (χ0n) is 9.03. The molecular weight excluding hydrogens is 168 g/mol. The molecule has 0 aliphatic carbocycles. The fraction of sp³-hybridized carbons (Fsp3) is 0.900. The maximum atomic E-state index is 11.0. The van der Waals surface area contributed by atoms with Gasteiger partial charge >= 0.3 is 5.97 Å². The van der Waals surface area contributed by atoms with Gasteiger partial charge in [0.1, 0.15) is 0 Å². The fourth-order valence-electron chi connectivity index (χ4n) is 1.48.